The topological polar surface area (TPSA) is 59.0 Å². The fraction of sp³-hybridized carbons (Fsp3) is 0.250. The molecule has 1 aliphatic heterocycles. The Labute approximate surface area is 98.7 Å². The Morgan fingerprint density at radius 2 is 2.12 bits per heavy atom. The van der Waals surface area contributed by atoms with Gasteiger partial charge in [0.25, 0.3) is 5.91 Å². The van der Waals surface area contributed by atoms with Gasteiger partial charge in [-0.1, -0.05) is 18.2 Å². The quantitative estimate of drug-likeness (QED) is 0.581. The van der Waals surface area contributed by atoms with Gasteiger partial charge in [0.2, 0.25) is 0 Å². The minimum atomic E-state index is -0.921. The van der Waals surface area contributed by atoms with E-state index >= 15 is 0 Å². The standard InChI is InChI=1S/C12H12N2O3/c1-2-17-12(16)10-8-13-14(11(10)15)9-6-4-3-5-7-9/h3-8,10H,2H2,1H3/t10-/m1/s1. The third-order valence-electron chi connectivity index (χ3n) is 2.35. The van der Waals surface area contributed by atoms with Crippen LogP contribution in [0.4, 0.5) is 5.69 Å². The molecule has 5 heteroatoms. The molecule has 5 nitrogen and oxygen atoms in total. The van der Waals surface area contributed by atoms with Crippen LogP contribution in [-0.4, -0.2) is 24.7 Å². The molecule has 0 aliphatic carbocycles. The summed E-state index contributed by atoms with van der Waals surface area (Å²) in [4.78, 5) is 23.4. The number of carbonyl (C=O) groups excluding carboxylic acids is 2. The fourth-order valence-electron chi connectivity index (χ4n) is 1.54. The monoisotopic (exact) mass is 232 g/mol. The van der Waals surface area contributed by atoms with Gasteiger partial charge in [-0.3, -0.25) is 9.59 Å². The first kappa shape index (κ1) is 11.3. The number of carbonyl (C=O) groups is 2. The van der Waals surface area contributed by atoms with E-state index in [0.717, 1.165) is 0 Å². The number of para-hydroxylation sites is 1. The third-order valence-corrected chi connectivity index (χ3v) is 2.35. The van der Waals surface area contributed by atoms with Gasteiger partial charge >= 0.3 is 5.97 Å². The third kappa shape index (κ3) is 2.18. The predicted octanol–water partition coefficient (Wildman–Crippen LogP) is 1.20. The van der Waals surface area contributed by atoms with Crippen LogP contribution in [0.15, 0.2) is 35.4 Å². The van der Waals surface area contributed by atoms with Crippen molar-refractivity contribution in [2.75, 3.05) is 11.6 Å². The average molecular weight is 232 g/mol. The molecular formula is C12H12N2O3. The van der Waals surface area contributed by atoms with Crippen molar-refractivity contribution in [3.63, 3.8) is 0 Å². The Morgan fingerprint density at radius 1 is 1.41 bits per heavy atom. The van der Waals surface area contributed by atoms with Crippen molar-refractivity contribution in [1.29, 1.82) is 0 Å². The van der Waals surface area contributed by atoms with E-state index in [2.05, 4.69) is 5.10 Å². The van der Waals surface area contributed by atoms with E-state index in [1.54, 1.807) is 31.2 Å². The van der Waals surface area contributed by atoms with Gasteiger partial charge in [-0.05, 0) is 19.1 Å². The Kier molecular flexibility index (Phi) is 3.18. The SMILES string of the molecule is CCOC(=O)[C@@H]1C=NN(c2ccccc2)C1=O. The largest absolute Gasteiger partial charge is 0.465 e. The van der Waals surface area contributed by atoms with Gasteiger partial charge in [0, 0.05) is 6.21 Å². The molecule has 1 heterocycles. The van der Waals surface area contributed by atoms with Crippen LogP contribution in [0.1, 0.15) is 6.92 Å². The molecule has 0 bridgehead atoms. The summed E-state index contributed by atoms with van der Waals surface area (Å²) in [7, 11) is 0. The number of esters is 1. The van der Waals surface area contributed by atoms with Gasteiger partial charge in [0.15, 0.2) is 5.92 Å². The molecule has 88 valence electrons. The van der Waals surface area contributed by atoms with E-state index in [-0.39, 0.29) is 12.5 Å². The molecule has 0 saturated heterocycles. The number of hydrogen-bond acceptors (Lipinski definition) is 4. The van der Waals surface area contributed by atoms with Crippen LogP contribution in [0.5, 0.6) is 0 Å². The van der Waals surface area contributed by atoms with Gasteiger partial charge in [-0.2, -0.15) is 10.1 Å². The molecule has 0 radical (unpaired) electrons. The average Bonchev–Trinajstić information content (AvgIpc) is 2.72. The van der Waals surface area contributed by atoms with E-state index in [1.807, 2.05) is 6.07 Å². The number of ether oxygens (including phenoxy) is 1. The highest BCUT2D eigenvalue weighted by Crippen LogP contribution is 2.20. The number of nitrogens with zero attached hydrogens (tertiary/aromatic N) is 2. The van der Waals surface area contributed by atoms with Crippen molar-refractivity contribution >= 4 is 23.8 Å². The zero-order chi connectivity index (χ0) is 12.3. The second-order valence-electron chi connectivity index (χ2n) is 3.48. The highest BCUT2D eigenvalue weighted by molar-refractivity contribution is 6.19. The summed E-state index contributed by atoms with van der Waals surface area (Å²) >= 11 is 0. The molecule has 2 rings (SSSR count). The second-order valence-corrected chi connectivity index (χ2v) is 3.48. The summed E-state index contributed by atoms with van der Waals surface area (Å²) in [5.41, 5.74) is 0.639. The molecule has 1 atom stereocenters. The number of amides is 1. The van der Waals surface area contributed by atoms with Gasteiger partial charge in [-0.15, -0.1) is 0 Å². The smallest absolute Gasteiger partial charge is 0.324 e. The molecule has 17 heavy (non-hydrogen) atoms. The summed E-state index contributed by atoms with van der Waals surface area (Å²) in [6, 6.07) is 8.95. The highest BCUT2D eigenvalue weighted by atomic mass is 16.5. The van der Waals surface area contributed by atoms with Crippen molar-refractivity contribution in [2.24, 2.45) is 11.0 Å². The van der Waals surface area contributed by atoms with Crippen LogP contribution in [0.2, 0.25) is 0 Å². The zero-order valence-corrected chi connectivity index (χ0v) is 9.37. The van der Waals surface area contributed by atoms with E-state index < -0.39 is 11.9 Å². The van der Waals surface area contributed by atoms with E-state index in [4.69, 9.17) is 4.74 Å². The number of benzene rings is 1. The molecule has 0 N–H and O–H groups in total. The molecule has 0 aromatic heterocycles. The van der Waals surface area contributed by atoms with E-state index in [0.29, 0.717) is 5.69 Å². The minimum absolute atomic E-state index is 0.252. The van der Waals surface area contributed by atoms with Crippen molar-refractivity contribution in [3.05, 3.63) is 30.3 Å². The van der Waals surface area contributed by atoms with Crippen molar-refractivity contribution in [3.8, 4) is 0 Å². The van der Waals surface area contributed by atoms with Crippen LogP contribution in [0.25, 0.3) is 0 Å². The lowest BCUT2D eigenvalue weighted by atomic mass is 10.1. The molecule has 1 aromatic carbocycles. The Hall–Kier alpha value is -2.17. The van der Waals surface area contributed by atoms with Crippen LogP contribution < -0.4 is 5.01 Å². The maximum Gasteiger partial charge on any atom is 0.324 e. The first-order chi connectivity index (χ1) is 8.24. The number of rotatable bonds is 3. The van der Waals surface area contributed by atoms with Crippen LogP contribution in [0, 0.1) is 5.92 Å². The molecular weight excluding hydrogens is 220 g/mol. The summed E-state index contributed by atoms with van der Waals surface area (Å²) < 4.78 is 4.80. The molecule has 1 aliphatic rings. The number of hydrazone groups is 1. The van der Waals surface area contributed by atoms with Gasteiger partial charge in [-0.25, -0.2) is 0 Å². The highest BCUT2D eigenvalue weighted by Gasteiger charge is 2.36. The van der Waals surface area contributed by atoms with Crippen LogP contribution in [0.3, 0.4) is 0 Å². The van der Waals surface area contributed by atoms with E-state index in [1.165, 1.54) is 11.2 Å². The molecule has 1 aromatic rings. The maximum atomic E-state index is 11.9. The maximum absolute atomic E-state index is 11.9. The lowest BCUT2D eigenvalue weighted by Crippen LogP contribution is -2.32. The molecule has 0 fully saturated rings. The number of anilines is 1. The van der Waals surface area contributed by atoms with Crippen LogP contribution >= 0.6 is 0 Å². The van der Waals surface area contributed by atoms with Crippen molar-refractivity contribution in [1.82, 2.24) is 0 Å². The first-order valence-electron chi connectivity index (χ1n) is 5.33. The Bertz CT molecular complexity index is 456. The second kappa shape index (κ2) is 4.78. The summed E-state index contributed by atoms with van der Waals surface area (Å²) in [5.74, 6) is -1.86. The van der Waals surface area contributed by atoms with Crippen molar-refractivity contribution in [2.45, 2.75) is 6.92 Å². The molecule has 0 spiro atoms. The fourth-order valence-corrected chi connectivity index (χ4v) is 1.54. The first-order valence-corrected chi connectivity index (χ1v) is 5.33. The zero-order valence-electron chi connectivity index (χ0n) is 9.37. The summed E-state index contributed by atoms with van der Waals surface area (Å²) in [6.07, 6.45) is 1.31. The lowest BCUT2D eigenvalue weighted by Gasteiger charge is -2.13. The minimum Gasteiger partial charge on any atom is -0.465 e. The normalized spacial score (nSPS) is 18.5. The Morgan fingerprint density at radius 3 is 2.76 bits per heavy atom. The lowest BCUT2D eigenvalue weighted by molar-refractivity contribution is -0.147. The van der Waals surface area contributed by atoms with E-state index in [9.17, 15) is 9.59 Å². The van der Waals surface area contributed by atoms with Crippen molar-refractivity contribution < 1.29 is 14.3 Å². The summed E-state index contributed by atoms with van der Waals surface area (Å²) in [5, 5.41) is 5.14. The van der Waals surface area contributed by atoms with Gasteiger partial charge in [0.05, 0.1) is 12.3 Å². The van der Waals surface area contributed by atoms with Gasteiger partial charge < -0.3 is 4.74 Å². The predicted molar refractivity (Wildman–Crippen MR) is 62.5 cm³/mol. The van der Waals surface area contributed by atoms with Gasteiger partial charge in [0.1, 0.15) is 0 Å². The van der Waals surface area contributed by atoms with Crippen LogP contribution in [-0.2, 0) is 14.3 Å². The molecule has 1 amide bonds. The summed E-state index contributed by atoms with van der Waals surface area (Å²) in [6.45, 7) is 1.95. The molecule has 0 saturated carbocycles. The number of hydrogen-bond donors (Lipinski definition) is 0. The Balaban J connectivity index is 2.14. The molecule has 0 unspecified atom stereocenters.